The van der Waals surface area contributed by atoms with Gasteiger partial charge in [-0.1, -0.05) is 24.1 Å². The number of hydrogen-bond acceptors (Lipinski definition) is 5. The Hall–Kier alpha value is -2.26. The number of aliphatic hydroxyl groups excluding tert-OH is 1. The van der Waals surface area contributed by atoms with Crippen LogP contribution in [0.15, 0.2) is 47.1 Å². The van der Waals surface area contributed by atoms with Crippen LogP contribution in [-0.2, 0) is 17.8 Å². The van der Waals surface area contributed by atoms with E-state index in [4.69, 9.17) is 20.3 Å². The quantitative estimate of drug-likeness (QED) is 0.535. The zero-order valence-corrected chi connectivity index (χ0v) is 13.9. The van der Waals surface area contributed by atoms with Gasteiger partial charge in [0.05, 0.1) is 32.6 Å². The molecule has 1 N–H and O–H groups in total. The van der Waals surface area contributed by atoms with Gasteiger partial charge in [0, 0.05) is 18.7 Å². The lowest BCUT2D eigenvalue weighted by molar-refractivity contribution is 0.0228. The topological polar surface area (TPSA) is 55.1 Å². The molecule has 0 saturated heterocycles. The molecular formula is C19H23NO4. The van der Waals surface area contributed by atoms with Gasteiger partial charge in [-0.2, -0.15) is 0 Å². The van der Waals surface area contributed by atoms with Crippen LogP contribution < -0.4 is 4.74 Å². The fraction of sp³-hybridized carbons (Fsp3) is 0.368. The summed E-state index contributed by atoms with van der Waals surface area (Å²) in [5.74, 6) is 4.04. The molecule has 1 aromatic carbocycles. The number of para-hydroxylation sites is 1. The molecular weight excluding hydrogens is 306 g/mol. The van der Waals surface area contributed by atoms with E-state index in [9.17, 15) is 5.11 Å². The number of aliphatic hydroxyl groups is 1. The summed E-state index contributed by atoms with van der Waals surface area (Å²) in [7, 11) is 1.65. The van der Waals surface area contributed by atoms with Crippen molar-refractivity contribution in [3.05, 3.63) is 54.0 Å². The third-order valence-electron chi connectivity index (χ3n) is 3.51. The number of furan rings is 1. The van der Waals surface area contributed by atoms with Gasteiger partial charge in [0.1, 0.15) is 18.1 Å². The minimum atomic E-state index is -0.636. The van der Waals surface area contributed by atoms with Crippen molar-refractivity contribution >= 4 is 0 Å². The second-order valence-corrected chi connectivity index (χ2v) is 5.43. The second kappa shape index (κ2) is 9.78. The van der Waals surface area contributed by atoms with Crippen LogP contribution in [0.5, 0.6) is 5.75 Å². The van der Waals surface area contributed by atoms with E-state index in [2.05, 4.69) is 10.8 Å². The van der Waals surface area contributed by atoms with Gasteiger partial charge in [0.15, 0.2) is 0 Å². The lowest BCUT2D eigenvalue weighted by atomic mass is 10.1. The molecule has 0 bridgehead atoms. The standard InChI is InChI=1S/C19H23NO4/c1-3-10-23-15-17(21)13-20(14-18-8-6-11-24-18)12-16-7-4-5-9-19(16)22-2/h1,4-9,11,17,21H,10,12-15H2,2H3/t17-/m1/s1. The summed E-state index contributed by atoms with van der Waals surface area (Å²) >= 11 is 0. The Morgan fingerprint density at radius 1 is 1.25 bits per heavy atom. The van der Waals surface area contributed by atoms with Crippen LogP contribution in [0.2, 0.25) is 0 Å². The molecule has 0 saturated carbocycles. The van der Waals surface area contributed by atoms with Crippen molar-refractivity contribution < 1.29 is 19.0 Å². The summed E-state index contributed by atoms with van der Waals surface area (Å²) in [6.45, 7) is 2.03. The number of benzene rings is 1. The molecule has 0 aliphatic carbocycles. The predicted molar refractivity (Wildman–Crippen MR) is 91.5 cm³/mol. The Morgan fingerprint density at radius 3 is 2.79 bits per heavy atom. The van der Waals surface area contributed by atoms with Crippen molar-refractivity contribution in [3.63, 3.8) is 0 Å². The summed E-state index contributed by atoms with van der Waals surface area (Å²) < 4.78 is 16.0. The van der Waals surface area contributed by atoms with Gasteiger partial charge in [-0.15, -0.1) is 6.42 Å². The fourth-order valence-electron chi connectivity index (χ4n) is 2.49. The van der Waals surface area contributed by atoms with Gasteiger partial charge < -0.3 is 19.0 Å². The van der Waals surface area contributed by atoms with Crippen molar-refractivity contribution in [3.8, 4) is 18.1 Å². The maximum Gasteiger partial charge on any atom is 0.123 e. The lowest BCUT2D eigenvalue weighted by Crippen LogP contribution is -2.34. The van der Waals surface area contributed by atoms with Crippen LogP contribution >= 0.6 is 0 Å². The molecule has 0 aliphatic heterocycles. The summed E-state index contributed by atoms with van der Waals surface area (Å²) in [5.41, 5.74) is 1.04. The highest BCUT2D eigenvalue weighted by molar-refractivity contribution is 5.33. The van der Waals surface area contributed by atoms with Crippen molar-refractivity contribution in [2.24, 2.45) is 0 Å². The summed E-state index contributed by atoms with van der Waals surface area (Å²) in [5, 5.41) is 10.2. The average Bonchev–Trinajstić information content (AvgIpc) is 3.08. The Labute approximate surface area is 142 Å². The minimum absolute atomic E-state index is 0.196. The third kappa shape index (κ3) is 5.74. The van der Waals surface area contributed by atoms with Crippen molar-refractivity contribution in [2.75, 3.05) is 26.9 Å². The molecule has 2 aromatic rings. The van der Waals surface area contributed by atoms with Crippen LogP contribution in [0.1, 0.15) is 11.3 Å². The van der Waals surface area contributed by atoms with E-state index in [1.807, 2.05) is 36.4 Å². The Kier molecular flexibility index (Phi) is 7.37. The number of methoxy groups -OCH3 is 1. The normalized spacial score (nSPS) is 12.1. The molecule has 0 radical (unpaired) electrons. The van der Waals surface area contributed by atoms with Crippen LogP contribution in [-0.4, -0.2) is 43.0 Å². The predicted octanol–water partition coefficient (Wildman–Crippen LogP) is 2.30. The lowest BCUT2D eigenvalue weighted by Gasteiger charge is -2.25. The first kappa shape index (κ1) is 18.1. The summed E-state index contributed by atoms with van der Waals surface area (Å²) in [6.07, 6.45) is 6.15. The first-order valence-electron chi connectivity index (χ1n) is 7.78. The minimum Gasteiger partial charge on any atom is -0.496 e. The molecule has 5 nitrogen and oxygen atoms in total. The summed E-state index contributed by atoms with van der Waals surface area (Å²) in [6, 6.07) is 11.6. The third-order valence-corrected chi connectivity index (χ3v) is 3.51. The van der Waals surface area contributed by atoms with Crippen LogP contribution in [0.4, 0.5) is 0 Å². The highest BCUT2D eigenvalue weighted by atomic mass is 16.5. The Morgan fingerprint density at radius 2 is 2.08 bits per heavy atom. The van der Waals surface area contributed by atoms with E-state index in [1.54, 1.807) is 13.4 Å². The van der Waals surface area contributed by atoms with Crippen LogP contribution in [0.3, 0.4) is 0 Å². The molecule has 0 aliphatic rings. The number of rotatable bonds is 10. The molecule has 1 heterocycles. The van der Waals surface area contributed by atoms with Gasteiger partial charge >= 0.3 is 0 Å². The average molecular weight is 329 g/mol. The molecule has 2 rings (SSSR count). The number of ether oxygens (including phenoxy) is 2. The molecule has 0 spiro atoms. The smallest absolute Gasteiger partial charge is 0.123 e. The summed E-state index contributed by atoms with van der Waals surface area (Å²) in [4.78, 5) is 2.08. The number of hydrogen-bond donors (Lipinski definition) is 1. The molecule has 5 heteroatoms. The van der Waals surface area contributed by atoms with Crippen molar-refractivity contribution in [2.45, 2.75) is 19.2 Å². The van der Waals surface area contributed by atoms with Gasteiger partial charge in [-0.3, -0.25) is 4.90 Å². The number of nitrogens with zero attached hydrogens (tertiary/aromatic N) is 1. The van der Waals surface area contributed by atoms with E-state index in [0.717, 1.165) is 17.1 Å². The fourth-order valence-corrected chi connectivity index (χ4v) is 2.49. The molecule has 24 heavy (non-hydrogen) atoms. The van der Waals surface area contributed by atoms with Crippen LogP contribution in [0.25, 0.3) is 0 Å². The van der Waals surface area contributed by atoms with E-state index in [1.165, 1.54) is 0 Å². The van der Waals surface area contributed by atoms with Gasteiger partial charge in [-0.25, -0.2) is 0 Å². The Bertz CT molecular complexity index is 633. The highest BCUT2D eigenvalue weighted by Gasteiger charge is 2.16. The van der Waals surface area contributed by atoms with Crippen molar-refractivity contribution in [1.82, 2.24) is 4.90 Å². The SMILES string of the molecule is C#CCOC[C@H](O)CN(Cc1ccco1)Cc1ccccc1OC. The molecule has 0 fully saturated rings. The Balaban J connectivity index is 2.03. The largest absolute Gasteiger partial charge is 0.496 e. The second-order valence-electron chi connectivity index (χ2n) is 5.43. The molecule has 0 unspecified atom stereocenters. The first-order valence-corrected chi connectivity index (χ1v) is 7.78. The maximum absolute atomic E-state index is 10.2. The van der Waals surface area contributed by atoms with Gasteiger partial charge in [0.25, 0.3) is 0 Å². The highest BCUT2D eigenvalue weighted by Crippen LogP contribution is 2.20. The zero-order valence-electron chi connectivity index (χ0n) is 13.9. The molecule has 1 aromatic heterocycles. The van der Waals surface area contributed by atoms with E-state index >= 15 is 0 Å². The molecule has 1 atom stereocenters. The van der Waals surface area contributed by atoms with Crippen LogP contribution in [0, 0.1) is 12.3 Å². The monoisotopic (exact) mass is 329 g/mol. The zero-order chi connectivity index (χ0) is 17.2. The first-order chi connectivity index (χ1) is 11.7. The molecule has 128 valence electrons. The van der Waals surface area contributed by atoms with E-state index < -0.39 is 6.10 Å². The number of terminal acetylenes is 1. The van der Waals surface area contributed by atoms with Crippen molar-refractivity contribution in [1.29, 1.82) is 0 Å². The van der Waals surface area contributed by atoms with Gasteiger partial charge in [-0.05, 0) is 18.2 Å². The maximum atomic E-state index is 10.2. The van der Waals surface area contributed by atoms with E-state index in [0.29, 0.717) is 19.6 Å². The van der Waals surface area contributed by atoms with Gasteiger partial charge in [0.2, 0.25) is 0 Å². The van der Waals surface area contributed by atoms with E-state index in [-0.39, 0.29) is 13.2 Å². The molecule has 0 amide bonds.